The Morgan fingerprint density at radius 2 is 1.86 bits per heavy atom. The number of nitrogens with one attached hydrogen (secondary N) is 1. The molecule has 2 aromatic carbocycles. The number of hydrogen-bond donors (Lipinski definition) is 1. The minimum atomic E-state index is -3.56. The highest BCUT2D eigenvalue weighted by atomic mass is 32.2. The van der Waals surface area contributed by atoms with E-state index >= 15 is 0 Å². The Morgan fingerprint density at radius 3 is 2.57 bits per heavy atom. The molecule has 0 atom stereocenters. The fourth-order valence-electron chi connectivity index (χ4n) is 3.50. The number of carbonyl (C=O) groups is 1. The molecule has 12 heteroatoms. The zero-order valence-corrected chi connectivity index (χ0v) is 20.2. The van der Waals surface area contributed by atoms with Crippen LogP contribution < -0.4 is 23.8 Å². The lowest BCUT2D eigenvalue weighted by molar-refractivity contribution is -0.121. The molecule has 4 rings (SSSR count). The molecule has 0 saturated heterocycles. The van der Waals surface area contributed by atoms with Crippen LogP contribution in [-0.4, -0.2) is 57.6 Å². The van der Waals surface area contributed by atoms with Crippen LogP contribution in [0.3, 0.4) is 0 Å². The molecular formula is C23H26N4O7S. The number of methoxy groups -OCH3 is 1. The van der Waals surface area contributed by atoms with Gasteiger partial charge in [-0.1, -0.05) is 5.16 Å². The molecule has 0 radical (unpaired) electrons. The van der Waals surface area contributed by atoms with Crippen LogP contribution in [0.1, 0.15) is 18.7 Å². The summed E-state index contributed by atoms with van der Waals surface area (Å²) < 4.78 is 47.3. The molecule has 35 heavy (non-hydrogen) atoms. The van der Waals surface area contributed by atoms with Crippen LogP contribution in [0.4, 0.5) is 5.69 Å². The maximum absolute atomic E-state index is 12.4. The lowest BCUT2D eigenvalue weighted by Gasteiger charge is -2.25. The van der Waals surface area contributed by atoms with Crippen LogP contribution in [0.5, 0.6) is 17.2 Å². The topological polar surface area (TPSA) is 133 Å². The predicted molar refractivity (Wildman–Crippen MR) is 127 cm³/mol. The first-order chi connectivity index (χ1) is 16.8. The van der Waals surface area contributed by atoms with E-state index in [0.29, 0.717) is 48.4 Å². The number of aromatic nitrogens is 2. The van der Waals surface area contributed by atoms with Crippen LogP contribution in [0.25, 0.3) is 11.4 Å². The molecule has 1 N–H and O–H groups in total. The van der Waals surface area contributed by atoms with Crippen molar-refractivity contribution in [3.8, 4) is 28.6 Å². The summed E-state index contributed by atoms with van der Waals surface area (Å²) >= 11 is 0. The third kappa shape index (κ3) is 6.21. The van der Waals surface area contributed by atoms with Crippen LogP contribution in [-0.2, 0) is 21.4 Å². The van der Waals surface area contributed by atoms with Crippen molar-refractivity contribution in [3.05, 3.63) is 48.4 Å². The van der Waals surface area contributed by atoms with Crippen molar-refractivity contribution in [3.63, 3.8) is 0 Å². The highest BCUT2D eigenvalue weighted by Gasteiger charge is 2.21. The zero-order chi connectivity index (χ0) is 24.8. The van der Waals surface area contributed by atoms with Gasteiger partial charge in [0.05, 0.1) is 25.6 Å². The summed E-state index contributed by atoms with van der Waals surface area (Å²) in [6, 6.07) is 12.2. The molecule has 0 bridgehead atoms. The molecule has 0 aliphatic carbocycles. The van der Waals surface area contributed by atoms with Gasteiger partial charge in [0, 0.05) is 24.6 Å². The summed E-state index contributed by atoms with van der Waals surface area (Å²) in [5, 5.41) is 6.64. The van der Waals surface area contributed by atoms with Gasteiger partial charge in [0.25, 0.3) is 0 Å². The van der Waals surface area contributed by atoms with Crippen molar-refractivity contribution in [1.29, 1.82) is 0 Å². The standard InChI is InChI=1S/C23H26N4O7S/c1-31-18-8-5-16(6-9-18)23-25-22(34-26-23)15-24-21(28)4-3-11-27(35(2,29)30)17-7-10-19-20(14-17)33-13-12-32-19/h5-10,14H,3-4,11-13,15H2,1-2H3,(H,24,28). The quantitative estimate of drug-likeness (QED) is 0.443. The molecular weight excluding hydrogens is 476 g/mol. The Bertz CT molecular complexity index is 1280. The molecule has 1 amide bonds. The van der Waals surface area contributed by atoms with E-state index in [1.54, 1.807) is 49.6 Å². The Balaban J connectivity index is 1.29. The molecule has 1 aromatic heterocycles. The van der Waals surface area contributed by atoms with E-state index in [4.69, 9.17) is 18.7 Å². The number of fused-ring (bicyclic) bond motifs is 1. The van der Waals surface area contributed by atoms with Crippen LogP contribution >= 0.6 is 0 Å². The second kappa shape index (κ2) is 10.6. The van der Waals surface area contributed by atoms with Crippen LogP contribution in [0.15, 0.2) is 47.0 Å². The van der Waals surface area contributed by atoms with Gasteiger partial charge in [0.15, 0.2) is 11.5 Å². The molecule has 2 heterocycles. The Morgan fingerprint density at radius 1 is 1.11 bits per heavy atom. The summed E-state index contributed by atoms with van der Waals surface area (Å²) in [7, 11) is -1.98. The highest BCUT2D eigenvalue weighted by Crippen LogP contribution is 2.34. The first-order valence-electron chi connectivity index (χ1n) is 10.9. The molecule has 0 saturated carbocycles. The van der Waals surface area contributed by atoms with E-state index in [9.17, 15) is 13.2 Å². The highest BCUT2D eigenvalue weighted by molar-refractivity contribution is 7.92. The van der Waals surface area contributed by atoms with Crippen molar-refractivity contribution < 1.29 is 31.9 Å². The van der Waals surface area contributed by atoms with E-state index in [0.717, 1.165) is 11.8 Å². The fourth-order valence-corrected chi connectivity index (χ4v) is 4.46. The lowest BCUT2D eigenvalue weighted by atomic mass is 10.2. The van der Waals surface area contributed by atoms with Crippen molar-refractivity contribution >= 4 is 21.6 Å². The number of amides is 1. The summed E-state index contributed by atoms with van der Waals surface area (Å²) in [6.45, 7) is 1.05. The summed E-state index contributed by atoms with van der Waals surface area (Å²) in [5.74, 6) is 2.19. The first-order valence-corrected chi connectivity index (χ1v) is 12.8. The Hall–Kier alpha value is -3.80. The van der Waals surface area contributed by atoms with Crippen molar-refractivity contribution in [2.45, 2.75) is 19.4 Å². The normalized spacial score (nSPS) is 12.7. The predicted octanol–water partition coefficient (Wildman–Crippen LogP) is 2.38. The number of nitrogens with zero attached hydrogens (tertiary/aromatic N) is 3. The van der Waals surface area contributed by atoms with Gasteiger partial charge in [-0.15, -0.1) is 0 Å². The number of sulfonamides is 1. The largest absolute Gasteiger partial charge is 0.497 e. The first kappa shape index (κ1) is 24.3. The second-order valence-electron chi connectivity index (χ2n) is 7.78. The molecule has 186 valence electrons. The molecule has 3 aromatic rings. The number of rotatable bonds is 10. The monoisotopic (exact) mass is 502 g/mol. The summed E-state index contributed by atoms with van der Waals surface area (Å²) in [4.78, 5) is 16.6. The van der Waals surface area contributed by atoms with Gasteiger partial charge in [-0.05, 0) is 42.8 Å². The lowest BCUT2D eigenvalue weighted by Crippen LogP contribution is -2.32. The number of hydrogen-bond acceptors (Lipinski definition) is 9. The molecule has 1 aliphatic heterocycles. The van der Waals surface area contributed by atoms with Gasteiger partial charge in [-0.25, -0.2) is 8.42 Å². The van der Waals surface area contributed by atoms with Gasteiger partial charge >= 0.3 is 0 Å². The second-order valence-corrected chi connectivity index (χ2v) is 9.69. The summed E-state index contributed by atoms with van der Waals surface area (Å²) in [6.07, 6.45) is 1.56. The minimum Gasteiger partial charge on any atom is -0.497 e. The maximum atomic E-state index is 12.4. The summed E-state index contributed by atoms with van der Waals surface area (Å²) in [5.41, 5.74) is 1.21. The van der Waals surface area contributed by atoms with Crippen molar-refractivity contribution in [2.75, 3.05) is 37.4 Å². The number of ether oxygens (including phenoxy) is 3. The molecule has 1 aliphatic rings. The minimum absolute atomic E-state index is 0.0694. The van der Waals surface area contributed by atoms with E-state index in [2.05, 4.69) is 15.5 Å². The average Bonchev–Trinajstić information content (AvgIpc) is 3.33. The van der Waals surface area contributed by atoms with Gasteiger partial charge in [0.2, 0.25) is 27.6 Å². The zero-order valence-electron chi connectivity index (χ0n) is 19.4. The van der Waals surface area contributed by atoms with Gasteiger partial charge in [0.1, 0.15) is 19.0 Å². The molecule has 0 fully saturated rings. The van der Waals surface area contributed by atoms with E-state index in [1.807, 2.05) is 0 Å². The number of anilines is 1. The third-order valence-corrected chi connectivity index (χ3v) is 6.43. The van der Waals surface area contributed by atoms with Crippen molar-refractivity contribution in [2.24, 2.45) is 0 Å². The van der Waals surface area contributed by atoms with Gasteiger partial charge < -0.3 is 24.1 Å². The maximum Gasteiger partial charge on any atom is 0.246 e. The fraction of sp³-hybridized carbons (Fsp3) is 0.348. The van der Waals surface area contributed by atoms with Crippen LogP contribution in [0, 0.1) is 0 Å². The Labute approximate surface area is 203 Å². The van der Waals surface area contributed by atoms with E-state index < -0.39 is 10.0 Å². The van der Waals surface area contributed by atoms with E-state index in [1.165, 1.54) is 4.31 Å². The molecule has 0 unspecified atom stereocenters. The smallest absolute Gasteiger partial charge is 0.246 e. The van der Waals surface area contributed by atoms with Crippen molar-refractivity contribution in [1.82, 2.24) is 15.5 Å². The SMILES string of the molecule is COc1ccc(-c2noc(CNC(=O)CCCN(c3ccc4c(c3)OCCO4)S(C)(=O)=O)n2)cc1. The molecule has 0 spiro atoms. The molecule has 11 nitrogen and oxygen atoms in total. The van der Waals surface area contributed by atoms with E-state index in [-0.39, 0.29) is 31.3 Å². The van der Waals surface area contributed by atoms with Crippen LogP contribution in [0.2, 0.25) is 0 Å². The average molecular weight is 503 g/mol. The Kier molecular flexibility index (Phi) is 7.39. The van der Waals surface area contributed by atoms with Gasteiger partial charge in [-0.3, -0.25) is 9.10 Å². The number of carbonyl (C=O) groups excluding carboxylic acids is 1. The van der Waals surface area contributed by atoms with Gasteiger partial charge in [-0.2, -0.15) is 4.98 Å². The third-order valence-electron chi connectivity index (χ3n) is 5.23. The number of benzene rings is 2.